The lowest BCUT2D eigenvalue weighted by Gasteiger charge is -2.40. The first kappa shape index (κ1) is 13.1. The van der Waals surface area contributed by atoms with Gasteiger partial charge in [0.2, 0.25) is 11.6 Å². The van der Waals surface area contributed by atoms with Crippen LogP contribution in [0, 0.1) is 10.8 Å². The SMILES string of the molecule is CCC1(CC)C(=O)C(=O)C(=O)C1(CC)CC. The monoisotopic (exact) mass is 224 g/mol. The normalized spacial score (nSPS) is 22.9. The summed E-state index contributed by atoms with van der Waals surface area (Å²) in [5, 5.41) is 0. The number of hydrogen-bond donors (Lipinski definition) is 0. The topological polar surface area (TPSA) is 51.2 Å². The van der Waals surface area contributed by atoms with Gasteiger partial charge in [-0.05, 0) is 25.7 Å². The van der Waals surface area contributed by atoms with Crippen LogP contribution in [0.5, 0.6) is 0 Å². The van der Waals surface area contributed by atoms with Crippen LogP contribution in [-0.4, -0.2) is 17.3 Å². The van der Waals surface area contributed by atoms with Crippen molar-refractivity contribution in [2.75, 3.05) is 0 Å². The standard InChI is InChI=1S/C13H20O3/c1-5-12(6-2)10(15)9(14)11(16)13(12,7-3)8-4/h5-8H2,1-4H3. The maximum atomic E-state index is 12.1. The minimum Gasteiger partial charge on any atom is -0.290 e. The van der Waals surface area contributed by atoms with Crippen molar-refractivity contribution >= 4 is 17.3 Å². The molecule has 0 heterocycles. The molecular weight excluding hydrogens is 204 g/mol. The molecule has 0 spiro atoms. The predicted molar refractivity (Wildman–Crippen MR) is 61.1 cm³/mol. The molecular formula is C13H20O3. The van der Waals surface area contributed by atoms with Crippen LogP contribution >= 0.6 is 0 Å². The van der Waals surface area contributed by atoms with E-state index in [1.807, 2.05) is 27.7 Å². The van der Waals surface area contributed by atoms with Crippen molar-refractivity contribution in [2.24, 2.45) is 10.8 Å². The highest BCUT2D eigenvalue weighted by Gasteiger charge is 2.65. The summed E-state index contributed by atoms with van der Waals surface area (Å²) in [6, 6.07) is 0. The number of carbonyl (C=O) groups excluding carboxylic acids is 3. The van der Waals surface area contributed by atoms with E-state index in [1.54, 1.807) is 0 Å². The van der Waals surface area contributed by atoms with Crippen LogP contribution in [0.4, 0.5) is 0 Å². The summed E-state index contributed by atoms with van der Waals surface area (Å²) in [5.41, 5.74) is -1.49. The number of rotatable bonds is 4. The van der Waals surface area contributed by atoms with Crippen LogP contribution < -0.4 is 0 Å². The van der Waals surface area contributed by atoms with Gasteiger partial charge in [-0.2, -0.15) is 0 Å². The molecule has 1 saturated carbocycles. The molecule has 0 N–H and O–H groups in total. The van der Waals surface area contributed by atoms with Gasteiger partial charge in [0, 0.05) is 10.8 Å². The third-order valence-corrected chi connectivity index (χ3v) is 4.61. The van der Waals surface area contributed by atoms with Crippen LogP contribution in [0.15, 0.2) is 0 Å². The first-order valence-corrected chi connectivity index (χ1v) is 6.11. The lowest BCUT2D eigenvalue weighted by Crippen LogP contribution is -2.43. The molecule has 0 aliphatic heterocycles. The average molecular weight is 224 g/mol. The Bertz CT molecular complexity index is 301. The number of carbonyl (C=O) groups is 3. The fourth-order valence-corrected chi connectivity index (χ4v) is 3.47. The maximum Gasteiger partial charge on any atom is 0.265 e. The summed E-state index contributed by atoms with van der Waals surface area (Å²) in [7, 11) is 0. The highest BCUT2D eigenvalue weighted by Crippen LogP contribution is 2.55. The van der Waals surface area contributed by atoms with E-state index in [1.165, 1.54) is 0 Å². The van der Waals surface area contributed by atoms with Crippen molar-refractivity contribution in [3.63, 3.8) is 0 Å². The molecule has 0 saturated heterocycles. The van der Waals surface area contributed by atoms with Gasteiger partial charge in [-0.15, -0.1) is 0 Å². The molecule has 0 aromatic rings. The molecule has 0 amide bonds. The second kappa shape index (κ2) is 4.11. The second-order valence-corrected chi connectivity index (χ2v) is 4.57. The fourth-order valence-electron chi connectivity index (χ4n) is 3.47. The molecule has 16 heavy (non-hydrogen) atoms. The van der Waals surface area contributed by atoms with Crippen molar-refractivity contribution in [1.29, 1.82) is 0 Å². The summed E-state index contributed by atoms with van der Waals surface area (Å²) < 4.78 is 0. The minimum atomic E-state index is -0.771. The Morgan fingerprint density at radius 1 is 0.688 bits per heavy atom. The van der Waals surface area contributed by atoms with Crippen LogP contribution in [0.1, 0.15) is 53.4 Å². The average Bonchev–Trinajstić information content (AvgIpc) is 2.48. The zero-order valence-electron chi connectivity index (χ0n) is 10.6. The molecule has 3 nitrogen and oxygen atoms in total. The number of ketones is 3. The van der Waals surface area contributed by atoms with Crippen molar-refractivity contribution < 1.29 is 14.4 Å². The van der Waals surface area contributed by atoms with Crippen molar-refractivity contribution in [3.8, 4) is 0 Å². The molecule has 0 aromatic carbocycles. The molecule has 0 radical (unpaired) electrons. The van der Waals surface area contributed by atoms with Crippen LogP contribution in [0.3, 0.4) is 0 Å². The first-order chi connectivity index (χ1) is 7.47. The van der Waals surface area contributed by atoms with Crippen molar-refractivity contribution in [3.05, 3.63) is 0 Å². The van der Waals surface area contributed by atoms with Gasteiger partial charge in [0.05, 0.1) is 0 Å². The van der Waals surface area contributed by atoms with Gasteiger partial charge >= 0.3 is 0 Å². The van der Waals surface area contributed by atoms with E-state index >= 15 is 0 Å². The van der Waals surface area contributed by atoms with Gasteiger partial charge in [0.1, 0.15) is 0 Å². The third-order valence-electron chi connectivity index (χ3n) is 4.61. The van der Waals surface area contributed by atoms with Gasteiger partial charge in [-0.1, -0.05) is 27.7 Å². The predicted octanol–water partition coefficient (Wildman–Crippen LogP) is 2.32. The Labute approximate surface area is 96.6 Å². The summed E-state index contributed by atoms with van der Waals surface area (Å²) in [5.74, 6) is -1.68. The molecule has 0 aromatic heterocycles. The molecule has 0 bridgehead atoms. The largest absolute Gasteiger partial charge is 0.290 e. The van der Waals surface area contributed by atoms with E-state index in [4.69, 9.17) is 0 Å². The van der Waals surface area contributed by atoms with Gasteiger partial charge in [-0.25, -0.2) is 0 Å². The molecule has 90 valence electrons. The van der Waals surface area contributed by atoms with Crippen molar-refractivity contribution in [1.82, 2.24) is 0 Å². The molecule has 0 unspecified atom stereocenters. The van der Waals surface area contributed by atoms with Gasteiger partial charge < -0.3 is 0 Å². The number of hydrogen-bond acceptors (Lipinski definition) is 3. The van der Waals surface area contributed by atoms with E-state index in [0.717, 1.165) is 0 Å². The molecule has 0 atom stereocenters. The summed E-state index contributed by atoms with van der Waals surface area (Å²) in [6.45, 7) is 7.58. The Morgan fingerprint density at radius 3 is 1.12 bits per heavy atom. The van der Waals surface area contributed by atoms with Crippen molar-refractivity contribution in [2.45, 2.75) is 53.4 Å². The molecule has 1 aliphatic carbocycles. The van der Waals surface area contributed by atoms with E-state index in [2.05, 4.69) is 0 Å². The van der Waals surface area contributed by atoms with Gasteiger partial charge in [0.15, 0.2) is 0 Å². The smallest absolute Gasteiger partial charge is 0.265 e. The molecule has 1 fully saturated rings. The van der Waals surface area contributed by atoms with Crippen LogP contribution in [-0.2, 0) is 14.4 Å². The maximum absolute atomic E-state index is 12.1. The molecule has 1 aliphatic rings. The van der Waals surface area contributed by atoms with Gasteiger partial charge in [-0.3, -0.25) is 14.4 Å². The molecule has 3 heteroatoms. The summed E-state index contributed by atoms with van der Waals surface area (Å²) >= 11 is 0. The van der Waals surface area contributed by atoms with Crippen LogP contribution in [0.2, 0.25) is 0 Å². The first-order valence-electron chi connectivity index (χ1n) is 6.11. The highest BCUT2D eigenvalue weighted by atomic mass is 16.2. The Morgan fingerprint density at radius 2 is 0.938 bits per heavy atom. The highest BCUT2D eigenvalue weighted by molar-refractivity contribution is 6.69. The third kappa shape index (κ3) is 1.17. The number of Topliss-reactive ketones (excluding diaryl/α,β-unsaturated/α-hetero) is 3. The van der Waals surface area contributed by atoms with Gasteiger partial charge in [0.25, 0.3) is 5.78 Å². The lowest BCUT2D eigenvalue weighted by molar-refractivity contribution is -0.142. The van der Waals surface area contributed by atoms with E-state index < -0.39 is 28.2 Å². The lowest BCUT2D eigenvalue weighted by atomic mass is 9.59. The quantitative estimate of drug-likeness (QED) is 0.688. The van der Waals surface area contributed by atoms with Crippen LogP contribution in [0.25, 0.3) is 0 Å². The molecule has 1 rings (SSSR count). The zero-order valence-corrected chi connectivity index (χ0v) is 10.6. The fraction of sp³-hybridized carbons (Fsp3) is 0.769. The Hall–Kier alpha value is -0.990. The summed E-state index contributed by atoms with van der Waals surface area (Å²) in [6.07, 6.45) is 2.28. The minimum absolute atomic E-state index is 0.453. The Kier molecular flexibility index (Phi) is 3.36. The second-order valence-electron chi connectivity index (χ2n) is 4.57. The zero-order chi connectivity index (χ0) is 12.6. The van der Waals surface area contributed by atoms with E-state index in [-0.39, 0.29) is 0 Å². The van der Waals surface area contributed by atoms with E-state index in [9.17, 15) is 14.4 Å². The summed E-state index contributed by atoms with van der Waals surface area (Å²) in [4.78, 5) is 35.8. The van der Waals surface area contributed by atoms with E-state index in [0.29, 0.717) is 25.7 Å². The Balaban J connectivity index is 3.48.